The van der Waals surface area contributed by atoms with Gasteiger partial charge in [0, 0.05) is 38.4 Å². The molecule has 5 rings (SSSR count). The molecule has 0 aromatic carbocycles. The van der Waals surface area contributed by atoms with Gasteiger partial charge in [0.1, 0.15) is 11.6 Å². The van der Waals surface area contributed by atoms with Crippen LogP contribution in [0.25, 0.3) is 0 Å². The second-order valence-electron chi connectivity index (χ2n) is 9.19. The molecule has 0 saturated carbocycles. The Morgan fingerprint density at radius 2 is 1.77 bits per heavy atom. The standard InChI is InChI=1S/C24H34N6/c1-18-26-20(17-23(27-18)29-15-13-28(2)14-16-29)21-9-3-4-12-30(21)22-10-5-7-19-8-6-11-25-24(19)22/h6,8,11,17,21-22H,3-5,7,9-10,12-16H2,1-2H3/t21-,22-/m0/s1. The maximum absolute atomic E-state index is 4.96. The Morgan fingerprint density at radius 3 is 2.63 bits per heavy atom. The number of aromatic nitrogens is 3. The normalized spacial score (nSPS) is 25.9. The minimum atomic E-state index is 0.365. The summed E-state index contributed by atoms with van der Waals surface area (Å²) in [6.45, 7) is 7.46. The molecule has 2 fully saturated rings. The molecule has 0 unspecified atom stereocenters. The van der Waals surface area contributed by atoms with Crippen LogP contribution in [0.3, 0.4) is 0 Å². The van der Waals surface area contributed by atoms with E-state index in [9.17, 15) is 0 Å². The number of piperazine rings is 1. The summed E-state index contributed by atoms with van der Waals surface area (Å²) in [6, 6.07) is 7.43. The molecule has 6 heteroatoms. The Kier molecular flexibility index (Phi) is 5.70. The minimum Gasteiger partial charge on any atom is -0.354 e. The van der Waals surface area contributed by atoms with E-state index in [2.05, 4.69) is 39.9 Å². The van der Waals surface area contributed by atoms with Gasteiger partial charge in [-0.2, -0.15) is 0 Å². The van der Waals surface area contributed by atoms with Crippen molar-refractivity contribution in [2.75, 3.05) is 44.7 Å². The fourth-order valence-corrected chi connectivity index (χ4v) is 5.49. The molecule has 2 atom stereocenters. The number of rotatable bonds is 3. The van der Waals surface area contributed by atoms with Gasteiger partial charge in [-0.3, -0.25) is 9.88 Å². The van der Waals surface area contributed by atoms with Crippen LogP contribution in [-0.2, 0) is 6.42 Å². The van der Waals surface area contributed by atoms with Crippen molar-refractivity contribution in [3.63, 3.8) is 0 Å². The quantitative estimate of drug-likeness (QED) is 0.777. The van der Waals surface area contributed by atoms with Crippen LogP contribution < -0.4 is 4.90 Å². The largest absolute Gasteiger partial charge is 0.354 e. The first-order valence-corrected chi connectivity index (χ1v) is 11.7. The summed E-state index contributed by atoms with van der Waals surface area (Å²) >= 11 is 0. The second kappa shape index (κ2) is 8.60. The smallest absolute Gasteiger partial charge is 0.132 e. The number of likely N-dealkylation sites (tertiary alicyclic amines) is 1. The number of aryl methyl sites for hydroxylation is 2. The molecule has 2 saturated heterocycles. The Balaban J connectivity index is 1.45. The van der Waals surface area contributed by atoms with Crippen molar-refractivity contribution in [2.45, 2.75) is 57.5 Å². The van der Waals surface area contributed by atoms with E-state index >= 15 is 0 Å². The Bertz CT molecular complexity index is 876. The number of piperidine rings is 1. The van der Waals surface area contributed by atoms with Gasteiger partial charge in [-0.05, 0) is 64.3 Å². The van der Waals surface area contributed by atoms with E-state index in [0.717, 1.165) is 44.4 Å². The van der Waals surface area contributed by atoms with Gasteiger partial charge in [0.25, 0.3) is 0 Å². The van der Waals surface area contributed by atoms with Crippen molar-refractivity contribution in [1.29, 1.82) is 0 Å². The molecule has 2 aromatic rings. The van der Waals surface area contributed by atoms with Crippen LogP contribution in [0, 0.1) is 6.92 Å². The van der Waals surface area contributed by atoms with Crippen LogP contribution in [0.4, 0.5) is 5.82 Å². The lowest BCUT2D eigenvalue weighted by molar-refractivity contribution is 0.0786. The van der Waals surface area contributed by atoms with E-state index in [4.69, 9.17) is 15.0 Å². The molecule has 6 nitrogen and oxygen atoms in total. The van der Waals surface area contributed by atoms with Crippen LogP contribution in [0.5, 0.6) is 0 Å². The Hall–Kier alpha value is -2.05. The molecule has 0 radical (unpaired) electrons. The zero-order chi connectivity index (χ0) is 20.5. The first-order chi connectivity index (χ1) is 14.7. The van der Waals surface area contributed by atoms with E-state index in [1.165, 1.54) is 55.5 Å². The monoisotopic (exact) mass is 406 g/mol. The molecule has 4 heterocycles. The lowest BCUT2D eigenvalue weighted by Gasteiger charge is -2.43. The lowest BCUT2D eigenvalue weighted by Crippen LogP contribution is -2.45. The van der Waals surface area contributed by atoms with Gasteiger partial charge >= 0.3 is 0 Å². The molecule has 0 N–H and O–H groups in total. The van der Waals surface area contributed by atoms with E-state index in [1.54, 1.807) is 0 Å². The van der Waals surface area contributed by atoms with Crippen molar-refractivity contribution in [3.05, 3.63) is 47.2 Å². The number of hydrogen-bond donors (Lipinski definition) is 0. The third-order valence-corrected chi connectivity index (χ3v) is 7.12. The summed E-state index contributed by atoms with van der Waals surface area (Å²) in [4.78, 5) is 22.1. The number of pyridine rings is 1. The Labute approximate surface area is 180 Å². The van der Waals surface area contributed by atoms with E-state index in [-0.39, 0.29) is 0 Å². The highest BCUT2D eigenvalue weighted by Gasteiger charge is 2.35. The maximum Gasteiger partial charge on any atom is 0.132 e. The third-order valence-electron chi connectivity index (χ3n) is 7.12. The zero-order valence-electron chi connectivity index (χ0n) is 18.4. The number of fused-ring (bicyclic) bond motifs is 1. The highest BCUT2D eigenvalue weighted by atomic mass is 15.3. The van der Waals surface area contributed by atoms with E-state index in [1.807, 2.05) is 13.1 Å². The highest BCUT2D eigenvalue weighted by molar-refractivity contribution is 5.41. The summed E-state index contributed by atoms with van der Waals surface area (Å²) in [6.07, 6.45) is 9.31. The molecular formula is C24H34N6. The van der Waals surface area contributed by atoms with Gasteiger partial charge in [0.05, 0.1) is 23.5 Å². The third kappa shape index (κ3) is 3.95. The molecule has 30 heavy (non-hydrogen) atoms. The van der Waals surface area contributed by atoms with Gasteiger partial charge in [-0.25, -0.2) is 9.97 Å². The van der Waals surface area contributed by atoms with Crippen molar-refractivity contribution >= 4 is 5.82 Å². The van der Waals surface area contributed by atoms with Gasteiger partial charge in [0.2, 0.25) is 0 Å². The predicted octanol–water partition coefficient (Wildman–Crippen LogP) is 3.54. The van der Waals surface area contributed by atoms with Gasteiger partial charge in [0.15, 0.2) is 0 Å². The summed E-state index contributed by atoms with van der Waals surface area (Å²) in [5.74, 6) is 2.01. The molecule has 2 aromatic heterocycles. The fourth-order valence-electron chi connectivity index (χ4n) is 5.49. The first kappa shape index (κ1) is 19.9. The molecular weight excluding hydrogens is 372 g/mol. The summed E-state index contributed by atoms with van der Waals surface area (Å²) in [5.41, 5.74) is 3.95. The second-order valence-corrected chi connectivity index (χ2v) is 9.19. The lowest BCUT2D eigenvalue weighted by atomic mass is 9.87. The average Bonchev–Trinajstić information content (AvgIpc) is 2.79. The number of likely N-dealkylation sites (N-methyl/N-ethyl adjacent to an activating group) is 1. The maximum atomic E-state index is 4.96. The first-order valence-electron chi connectivity index (χ1n) is 11.7. The fraction of sp³-hybridized carbons (Fsp3) is 0.625. The molecule has 2 aliphatic heterocycles. The van der Waals surface area contributed by atoms with E-state index in [0.29, 0.717) is 12.1 Å². The molecule has 0 bridgehead atoms. The van der Waals surface area contributed by atoms with Gasteiger partial charge < -0.3 is 9.80 Å². The minimum absolute atomic E-state index is 0.365. The van der Waals surface area contributed by atoms with Crippen LogP contribution in [-0.4, -0.2) is 64.5 Å². The number of nitrogens with zero attached hydrogens (tertiary/aromatic N) is 6. The highest BCUT2D eigenvalue weighted by Crippen LogP contribution is 2.42. The van der Waals surface area contributed by atoms with Crippen LogP contribution in [0.1, 0.15) is 67.0 Å². The SMILES string of the molecule is Cc1nc([C@@H]2CCCCN2[C@H]2CCCc3cccnc32)cc(N2CCN(C)CC2)n1. The number of anilines is 1. The molecule has 0 amide bonds. The van der Waals surface area contributed by atoms with Gasteiger partial charge in [-0.15, -0.1) is 0 Å². The summed E-state index contributed by atoms with van der Waals surface area (Å²) in [7, 11) is 2.20. The Morgan fingerprint density at radius 1 is 0.933 bits per heavy atom. The average molecular weight is 407 g/mol. The molecule has 160 valence electrons. The topological polar surface area (TPSA) is 48.4 Å². The summed E-state index contributed by atoms with van der Waals surface area (Å²) in [5, 5.41) is 0. The van der Waals surface area contributed by atoms with Crippen LogP contribution >= 0.6 is 0 Å². The van der Waals surface area contributed by atoms with Gasteiger partial charge in [-0.1, -0.05) is 12.5 Å². The van der Waals surface area contributed by atoms with Crippen molar-refractivity contribution in [1.82, 2.24) is 24.8 Å². The predicted molar refractivity (Wildman–Crippen MR) is 120 cm³/mol. The molecule has 0 spiro atoms. The zero-order valence-corrected chi connectivity index (χ0v) is 18.4. The molecule has 1 aliphatic carbocycles. The summed E-state index contributed by atoms with van der Waals surface area (Å²) < 4.78 is 0. The number of hydrogen-bond acceptors (Lipinski definition) is 6. The van der Waals surface area contributed by atoms with Crippen LogP contribution in [0.15, 0.2) is 24.4 Å². The van der Waals surface area contributed by atoms with E-state index < -0.39 is 0 Å². The van der Waals surface area contributed by atoms with Crippen molar-refractivity contribution in [2.24, 2.45) is 0 Å². The molecule has 3 aliphatic rings. The van der Waals surface area contributed by atoms with Crippen molar-refractivity contribution in [3.8, 4) is 0 Å². The van der Waals surface area contributed by atoms with Crippen molar-refractivity contribution < 1.29 is 0 Å². The van der Waals surface area contributed by atoms with Crippen LogP contribution in [0.2, 0.25) is 0 Å².